The smallest absolute Gasteiger partial charge is 0.156 e. The normalized spacial score (nSPS) is 14.0. The summed E-state index contributed by atoms with van der Waals surface area (Å²) in [6.45, 7) is 2.73. The zero-order valence-corrected chi connectivity index (χ0v) is 9.72. The fraction of sp³-hybridized carbons (Fsp3) is 0.600. The van der Waals surface area contributed by atoms with Crippen LogP contribution in [-0.2, 0) is 13.5 Å². The Morgan fingerprint density at radius 3 is 3.00 bits per heavy atom. The quantitative estimate of drug-likeness (QED) is 0.277. The number of hydrogen-bond donors (Lipinski definition) is 3. The van der Waals surface area contributed by atoms with Gasteiger partial charge < -0.3 is 20.8 Å². The molecular formula is C10H19N5O. The van der Waals surface area contributed by atoms with Crippen LogP contribution >= 0.6 is 0 Å². The van der Waals surface area contributed by atoms with Crippen LogP contribution in [0.2, 0.25) is 0 Å². The van der Waals surface area contributed by atoms with E-state index < -0.39 is 0 Å². The van der Waals surface area contributed by atoms with Crippen LogP contribution in [0.15, 0.2) is 17.5 Å². The fourth-order valence-corrected chi connectivity index (χ4v) is 1.52. The van der Waals surface area contributed by atoms with E-state index in [0.29, 0.717) is 0 Å². The van der Waals surface area contributed by atoms with E-state index in [2.05, 4.69) is 15.5 Å². The topological polar surface area (TPSA) is 88.5 Å². The highest BCUT2D eigenvalue weighted by molar-refractivity contribution is 5.85. The van der Waals surface area contributed by atoms with Crippen LogP contribution in [-0.4, -0.2) is 33.2 Å². The third kappa shape index (κ3) is 3.23. The molecule has 0 aromatic carbocycles. The largest absolute Gasteiger partial charge is 0.409 e. The summed E-state index contributed by atoms with van der Waals surface area (Å²) in [6, 6.07) is -0.0785. The summed E-state index contributed by atoms with van der Waals surface area (Å²) in [7, 11) is 1.96. The summed E-state index contributed by atoms with van der Waals surface area (Å²) in [5, 5.41) is 14.8. The van der Waals surface area contributed by atoms with Crippen molar-refractivity contribution in [3.8, 4) is 0 Å². The first-order valence-electron chi connectivity index (χ1n) is 5.36. The Labute approximate surface area is 95.2 Å². The molecule has 1 unspecified atom stereocenters. The van der Waals surface area contributed by atoms with Crippen LogP contribution in [0.5, 0.6) is 0 Å². The number of imidazole rings is 1. The number of aromatic nitrogens is 2. The number of rotatable bonds is 6. The molecule has 1 aromatic rings. The molecule has 0 aliphatic carbocycles. The Balaban J connectivity index is 2.37. The Morgan fingerprint density at radius 1 is 1.75 bits per heavy atom. The van der Waals surface area contributed by atoms with Gasteiger partial charge in [-0.05, 0) is 6.42 Å². The van der Waals surface area contributed by atoms with Crippen molar-refractivity contribution >= 4 is 5.84 Å². The summed E-state index contributed by atoms with van der Waals surface area (Å²) >= 11 is 0. The second-order valence-corrected chi connectivity index (χ2v) is 3.64. The molecular weight excluding hydrogens is 206 g/mol. The summed E-state index contributed by atoms with van der Waals surface area (Å²) in [6.07, 6.45) is 5.29. The lowest BCUT2D eigenvalue weighted by Crippen LogP contribution is -2.41. The number of nitrogens with one attached hydrogen (secondary N) is 1. The number of hydrogen-bond acceptors (Lipinski definition) is 4. The van der Waals surface area contributed by atoms with E-state index in [0.717, 1.165) is 25.2 Å². The minimum Gasteiger partial charge on any atom is -0.409 e. The van der Waals surface area contributed by atoms with Gasteiger partial charge in [-0.2, -0.15) is 0 Å². The maximum atomic E-state index is 8.57. The highest BCUT2D eigenvalue weighted by Crippen LogP contribution is 1.96. The van der Waals surface area contributed by atoms with Crippen molar-refractivity contribution in [3.63, 3.8) is 0 Å². The van der Waals surface area contributed by atoms with Crippen molar-refractivity contribution in [2.75, 3.05) is 6.54 Å². The number of nitrogens with two attached hydrogens (primary N) is 1. The van der Waals surface area contributed by atoms with Crippen molar-refractivity contribution in [2.24, 2.45) is 17.9 Å². The van der Waals surface area contributed by atoms with E-state index in [-0.39, 0.29) is 11.9 Å². The molecule has 0 fully saturated rings. The van der Waals surface area contributed by atoms with E-state index in [1.807, 2.05) is 24.7 Å². The molecule has 0 aliphatic heterocycles. The van der Waals surface area contributed by atoms with Crippen molar-refractivity contribution in [3.05, 3.63) is 18.2 Å². The standard InChI is InChI=1S/C10H19N5O/c1-3-8(10(11)14-16)12-5-4-9-13-6-7-15(9)2/h6-8,12,16H,3-5H2,1-2H3,(H2,11,14). The lowest BCUT2D eigenvalue weighted by Gasteiger charge is -2.14. The molecule has 16 heavy (non-hydrogen) atoms. The Morgan fingerprint density at radius 2 is 2.50 bits per heavy atom. The number of amidine groups is 1. The van der Waals surface area contributed by atoms with Crippen LogP contribution < -0.4 is 11.1 Å². The Bertz CT molecular complexity index is 347. The molecule has 1 atom stereocenters. The average Bonchev–Trinajstić information content (AvgIpc) is 2.69. The highest BCUT2D eigenvalue weighted by Gasteiger charge is 2.10. The molecule has 0 bridgehead atoms. The summed E-state index contributed by atoms with van der Waals surface area (Å²) in [5.41, 5.74) is 5.53. The van der Waals surface area contributed by atoms with Gasteiger partial charge in [0.2, 0.25) is 0 Å². The second kappa shape index (κ2) is 6.12. The second-order valence-electron chi connectivity index (χ2n) is 3.64. The van der Waals surface area contributed by atoms with Crippen molar-refractivity contribution in [2.45, 2.75) is 25.8 Å². The molecule has 0 saturated carbocycles. The van der Waals surface area contributed by atoms with Gasteiger partial charge in [-0.1, -0.05) is 12.1 Å². The first-order valence-corrected chi connectivity index (χ1v) is 5.36. The predicted octanol–water partition coefficient (Wildman–Crippen LogP) is 0.0772. The summed E-state index contributed by atoms with van der Waals surface area (Å²) in [4.78, 5) is 4.22. The maximum Gasteiger partial charge on any atom is 0.156 e. The lowest BCUT2D eigenvalue weighted by molar-refractivity contribution is 0.314. The molecule has 6 nitrogen and oxygen atoms in total. The molecule has 0 radical (unpaired) electrons. The van der Waals surface area contributed by atoms with Gasteiger partial charge >= 0.3 is 0 Å². The molecule has 4 N–H and O–H groups in total. The highest BCUT2D eigenvalue weighted by atomic mass is 16.4. The van der Waals surface area contributed by atoms with E-state index in [1.54, 1.807) is 6.20 Å². The van der Waals surface area contributed by atoms with Crippen LogP contribution in [0.25, 0.3) is 0 Å². The predicted molar refractivity (Wildman–Crippen MR) is 62.4 cm³/mol. The van der Waals surface area contributed by atoms with Crippen molar-refractivity contribution in [1.29, 1.82) is 0 Å². The Kier molecular flexibility index (Phi) is 4.78. The molecule has 1 aromatic heterocycles. The number of nitrogens with zero attached hydrogens (tertiary/aromatic N) is 3. The molecule has 0 saturated heterocycles. The Hall–Kier alpha value is -1.56. The van der Waals surface area contributed by atoms with E-state index in [1.165, 1.54) is 0 Å². The van der Waals surface area contributed by atoms with Crippen molar-refractivity contribution < 1.29 is 5.21 Å². The first kappa shape index (κ1) is 12.5. The van der Waals surface area contributed by atoms with Gasteiger partial charge in [0.25, 0.3) is 0 Å². The van der Waals surface area contributed by atoms with E-state index >= 15 is 0 Å². The third-order valence-corrected chi connectivity index (χ3v) is 2.54. The average molecular weight is 225 g/mol. The van der Waals surface area contributed by atoms with Gasteiger partial charge in [0.15, 0.2) is 5.84 Å². The molecule has 0 amide bonds. The van der Waals surface area contributed by atoms with Crippen molar-refractivity contribution in [1.82, 2.24) is 14.9 Å². The van der Waals surface area contributed by atoms with Gasteiger partial charge in [0, 0.05) is 32.4 Å². The SMILES string of the molecule is CCC(NCCc1nccn1C)C(N)=NO. The molecule has 1 rings (SSSR count). The van der Waals surface area contributed by atoms with Gasteiger partial charge in [0.05, 0.1) is 6.04 Å². The van der Waals surface area contributed by atoms with Crippen LogP contribution in [0.4, 0.5) is 0 Å². The van der Waals surface area contributed by atoms with E-state index in [9.17, 15) is 0 Å². The minimum atomic E-state index is -0.0785. The van der Waals surface area contributed by atoms with Gasteiger partial charge in [-0.15, -0.1) is 0 Å². The molecule has 1 heterocycles. The molecule has 0 spiro atoms. The monoisotopic (exact) mass is 225 g/mol. The summed E-state index contributed by atoms with van der Waals surface area (Å²) in [5.74, 6) is 1.24. The molecule has 6 heteroatoms. The first-order chi connectivity index (χ1) is 7.69. The van der Waals surface area contributed by atoms with Gasteiger partial charge in [-0.25, -0.2) is 4.98 Å². The number of aryl methyl sites for hydroxylation is 1. The zero-order valence-electron chi connectivity index (χ0n) is 9.72. The lowest BCUT2D eigenvalue weighted by atomic mass is 10.2. The van der Waals surface area contributed by atoms with Gasteiger partial charge in [0.1, 0.15) is 5.82 Å². The van der Waals surface area contributed by atoms with Crippen LogP contribution in [0.3, 0.4) is 0 Å². The molecule has 90 valence electrons. The maximum absolute atomic E-state index is 8.57. The van der Waals surface area contributed by atoms with Crippen LogP contribution in [0, 0.1) is 0 Å². The zero-order chi connectivity index (χ0) is 12.0. The third-order valence-electron chi connectivity index (χ3n) is 2.54. The van der Waals surface area contributed by atoms with Gasteiger partial charge in [-0.3, -0.25) is 0 Å². The number of oxime groups is 1. The minimum absolute atomic E-state index is 0.0785. The summed E-state index contributed by atoms with van der Waals surface area (Å²) < 4.78 is 1.98. The fourth-order valence-electron chi connectivity index (χ4n) is 1.52. The molecule has 0 aliphatic rings. The van der Waals surface area contributed by atoms with E-state index in [4.69, 9.17) is 10.9 Å². The van der Waals surface area contributed by atoms with Crippen LogP contribution in [0.1, 0.15) is 19.2 Å².